The van der Waals surface area contributed by atoms with Gasteiger partial charge in [-0.1, -0.05) is 28.1 Å². The molecular formula is C19H16BrN3O7. The number of benzene rings is 1. The van der Waals surface area contributed by atoms with Gasteiger partial charge in [0.05, 0.1) is 23.0 Å². The summed E-state index contributed by atoms with van der Waals surface area (Å²) in [5, 5.41) is 25.3. The van der Waals surface area contributed by atoms with E-state index in [0.717, 1.165) is 17.6 Å². The zero-order chi connectivity index (χ0) is 21.7. The predicted molar refractivity (Wildman–Crippen MR) is 106 cm³/mol. The van der Waals surface area contributed by atoms with Gasteiger partial charge in [0.1, 0.15) is 0 Å². The van der Waals surface area contributed by atoms with E-state index in [0.29, 0.717) is 4.47 Å². The fourth-order valence-electron chi connectivity index (χ4n) is 4.31. The standard InChI is InChI=1S/C19H16BrN3O7/c1-8(19(26)27)30-16-11(5-12(20)6-13(16)23(28)29)7-21-22-17(24)14-9-2-3-10(4-9)15(14)18(22)25/h2-3,5-10,14-15H,4H2,1H3,(H,26,27). The molecule has 2 bridgehead atoms. The summed E-state index contributed by atoms with van der Waals surface area (Å²) in [5.41, 5.74) is -0.417. The molecule has 1 N–H and O–H groups in total. The molecule has 5 atom stereocenters. The molecule has 11 heteroatoms. The van der Waals surface area contributed by atoms with Gasteiger partial charge in [0.2, 0.25) is 5.75 Å². The van der Waals surface area contributed by atoms with Crippen molar-refractivity contribution in [1.29, 1.82) is 0 Å². The Kier molecular flexibility index (Phi) is 4.92. The summed E-state index contributed by atoms with van der Waals surface area (Å²) in [4.78, 5) is 47.3. The number of halogens is 1. The minimum absolute atomic E-state index is 0.0268. The fraction of sp³-hybridized carbons (Fsp3) is 0.368. The van der Waals surface area contributed by atoms with Crippen LogP contribution >= 0.6 is 15.9 Å². The molecule has 2 aliphatic carbocycles. The molecule has 1 aromatic carbocycles. The van der Waals surface area contributed by atoms with Crippen molar-refractivity contribution in [2.45, 2.75) is 19.4 Å². The van der Waals surface area contributed by atoms with E-state index >= 15 is 0 Å². The third-order valence-corrected chi connectivity index (χ3v) is 6.12. The number of hydrogen-bond donors (Lipinski definition) is 1. The first-order chi connectivity index (χ1) is 14.2. The van der Waals surface area contributed by atoms with Crippen LogP contribution in [0.5, 0.6) is 5.75 Å². The maximum absolute atomic E-state index is 12.7. The predicted octanol–water partition coefficient (Wildman–Crippen LogP) is 2.35. The molecule has 10 nitrogen and oxygen atoms in total. The molecule has 4 rings (SSSR count). The van der Waals surface area contributed by atoms with Gasteiger partial charge in [-0.25, -0.2) is 4.79 Å². The van der Waals surface area contributed by atoms with Crippen molar-refractivity contribution in [1.82, 2.24) is 5.01 Å². The number of hydrogen-bond acceptors (Lipinski definition) is 7. The molecule has 0 spiro atoms. The molecular weight excluding hydrogens is 462 g/mol. The van der Waals surface area contributed by atoms with Crippen LogP contribution in [-0.4, -0.2) is 45.1 Å². The lowest BCUT2D eigenvalue weighted by molar-refractivity contribution is -0.386. The average Bonchev–Trinajstić information content (AvgIpc) is 3.36. The lowest BCUT2D eigenvalue weighted by atomic mass is 9.85. The zero-order valence-electron chi connectivity index (χ0n) is 15.6. The fourth-order valence-corrected chi connectivity index (χ4v) is 4.77. The lowest BCUT2D eigenvalue weighted by Crippen LogP contribution is -2.28. The van der Waals surface area contributed by atoms with E-state index in [-0.39, 0.29) is 23.1 Å². The van der Waals surface area contributed by atoms with E-state index in [9.17, 15) is 24.5 Å². The number of nitro groups is 1. The number of rotatable bonds is 6. The quantitative estimate of drug-likeness (QED) is 0.218. The van der Waals surface area contributed by atoms with E-state index < -0.39 is 46.3 Å². The molecule has 0 aromatic heterocycles. The molecule has 2 amide bonds. The first kappa shape index (κ1) is 20.2. The smallest absolute Gasteiger partial charge is 0.344 e. The molecule has 1 aliphatic heterocycles. The molecule has 0 radical (unpaired) electrons. The minimum atomic E-state index is -1.37. The molecule has 1 saturated heterocycles. The first-order valence-corrected chi connectivity index (χ1v) is 9.96. The number of imide groups is 1. The van der Waals surface area contributed by atoms with Crippen molar-refractivity contribution in [2.24, 2.45) is 28.8 Å². The summed E-state index contributed by atoms with van der Waals surface area (Å²) in [6.45, 7) is 1.23. The van der Waals surface area contributed by atoms with Crippen molar-refractivity contribution >= 4 is 45.6 Å². The number of hydrazone groups is 1. The van der Waals surface area contributed by atoms with Crippen LogP contribution in [0.25, 0.3) is 0 Å². The Morgan fingerprint density at radius 2 is 1.93 bits per heavy atom. The molecule has 1 heterocycles. The van der Waals surface area contributed by atoms with Gasteiger partial charge >= 0.3 is 11.7 Å². The minimum Gasteiger partial charge on any atom is -0.479 e. The number of nitro benzene ring substituents is 1. The number of aliphatic carboxylic acids is 1. The van der Waals surface area contributed by atoms with E-state index in [1.165, 1.54) is 19.1 Å². The summed E-state index contributed by atoms with van der Waals surface area (Å²) in [6.07, 6.45) is 4.44. The number of amides is 2. The highest BCUT2D eigenvalue weighted by Gasteiger charge is 2.59. The molecule has 3 aliphatic rings. The Morgan fingerprint density at radius 3 is 2.47 bits per heavy atom. The molecule has 1 saturated carbocycles. The van der Waals surface area contributed by atoms with Crippen molar-refractivity contribution in [3.05, 3.63) is 44.4 Å². The van der Waals surface area contributed by atoms with E-state index in [2.05, 4.69) is 21.0 Å². The molecule has 156 valence electrons. The number of allylic oxidation sites excluding steroid dienone is 2. The van der Waals surface area contributed by atoms with Crippen LogP contribution in [0, 0.1) is 33.8 Å². The van der Waals surface area contributed by atoms with Gasteiger partial charge in [0.25, 0.3) is 11.8 Å². The van der Waals surface area contributed by atoms with Crippen molar-refractivity contribution in [3.63, 3.8) is 0 Å². The van der Waals surface area contributed by atoms with Gasteiger partial charge in [0, 0.05) is 16.1 Å². The third kappa shape index (κ3) is 3.18. The topological polar surface area (TPSA) is 139 Å². The van der Waals surface area contributed by atoms with Crippen LogP contribution in [0.1, 0.15) is 18.9 Å². The number of fused-ring (bicyclic) bond motifs is 5. The average molecular weight is 478 g/mol. The largest absolute Gasteiger partial charge is 0.479 e. The highest BCUT2D eigenvalue weighted by Crippen LogP contribution is 2.52. The van der Waals surface area contributed by atoms with Crippen molar-refractivity contribution in [3.8, 4) is 5.75 Å². The second-order valence-electron chi connectivity index (χ2n) is 7.43. The van der Waals surface area contributed by atoms with Crippen molar-refractivity contribution in [2.75, 3.05) is 0 Å². The first-order valence-electron chi connectivity index (χ1n) is 9.16. The number of ether oxygens (including phenoxy) is 1. The second kappa shape index (κ2) is 7.31. The highest BCUT2D eigenvalue weighted by molar-refractivity contribution is 9.10. The number of nitrogens with zero attached hydrogens (tertiary/aromatic N) is 3. The normalized spacial score (nSPS) is 27.7. The van der Waals surface area contributed by atoms with Crippen LogP contribution in [0.15, 0.2) is 33.9 Å². The number of carboxylic acids is 1. The van der Waals surface area contributed by atoms with Gasteiger partial charge in [0.15, 0.2) is 6.10 Å². The van der Waals surface area contributed by atoms with Gasteiger partial charge in [-0.2, -0.15) is 10.1 Å². The molecule has 30 heavy (non-hydrogen) atoms. The van der Waals surface area contributed by atoms with E-state index in [4.69, 9.17) is 9.84 Å². The highest BCUT2D eigenvalue weighted by atomic mass is 79.9. The number of carbonyl (C=O) groups excluding carboxylic acids is 2. The van der Waals surface area contributed by atoms with Crippen LogP contribution < -0.4 is 4.74 Å². The van der Waals surface area contributed by atoms with Crippen LogP contribution in [0.3, 0.4) is 0 Å². The second-order valence-corrected chi connectivity index (χ2v) is 8.35. The molecule has 5 unspecified atom stereocenters. The summed E-state index contributed by atoms with van der Waals surface area (Å²) < 4.78 is 5.61. The number of carboxylic acid groups (broad SMARTS) is 1. The van der Waals surface area contributed by atoms with Gasteiger partial charge in [-0.15, -0.1) is 0 Å². The Labute approximate surface area is 178 Å². The van der Waals surface area contributed by atoms with Gasteiger partial charge in [-0.05, 0) is 31.2 Å². The summed E-state index contributed by atoms with van der Waals surface area (Å²) in [7, 11) is 0. The summed E-state index contributed by atoms with van der Waals surface area (Å²) >= 11 is 3.16. The molecule has 2 fully saturated rings. The maximum Gasteiger partial charge on any atom is 0.344 e. The van der Waals surface area contributed by atoms with E-state index in [1.54, 1.807) is 0 Å². The summed E-state index contributed by atoms with van der Waals surface area (Å²) in [6, 6.07) is 2.60. The number of carbonyl (C=O) groups is 3. The summed E-state index contributed by atoms with van der Waals surface area (Å²) in [5.74, 6) is -3.22. The van der Waals surface area contributed by atoms with Crippen molar-refractivity contribution < 1.29 is 29.2 Å². The Balaban J connectivity index is 1.68. The van der Waals surface area contributed by atoms with Crippen LogP contribution in [-0.2, 0) is 14.4 Å². The van der Waals surface area contributed by atoms with Gasteiger partial charge in [-0.3, -0.25) is 19.7 Å². The third-order valence-electron chi connectivity index (χ3n) is 5.66. The molecule has 1 aromatic rings. The Hall–Kier alpha value is -3.08. The van der Waals surface area contributed by atoms with E-state index in [1.807, 2.05) is 12.2 Å². The zero-order valence-corrected chi connectivity index (χ0v) is 17.2. The van der Waals surface area contributed by atoms with Crippen LogP contribution in [0.2, 0.25) is 0 Å². The Morgan fingerprint density at radius 1 is 1.33 bits per heavy atom. The maximum atomic E-state index is 12.7. The Bertz CT molecular complexity index is 1010. The monoisotopic (exact) mass is 477 g/mol. The van der Waals surface area contributed by atoms with Gasteiger partial charge < -0.3 is 9.84 Å². The lowest BCUT2D eigenvalue weighted by Gasteiger charge is -2.14. The van der Waals surface area contributed by atoms with Crippen LogP contribution in [0.4, 0.5) is 5.69 Å². The SMILES string of the molecule is CC(Oc1c(C=NN2C(=O)C3C4C=CC(C4)C3C2=O)cc(Br)cc1[N+](=O)[O-])C(=O)O.